The highest BCUT2D eigenvalue weighted by molar-refractivity contribution is 5.81. The van der Waals surface area contributed by atoms with Crippen LogP contribution in [0, 0.1) is 5.92 Å². The van der Waals surface area contributed by atoms with Crippen LogP contribution in [0.25, 0.3) is 0 Å². The number of methoxy groups -OCH3 is 1. The average Bonchev–Trinajstić information content (AvgIpc) is 3.42. The van der Waals surface area contributed by atoms with Crippen LogP contribution in [0.4, 0.5) is 0 Å². The van der Waals surface area contributed by atoms with Crippen LogP contribution in [-0.4, -0.2) is 48.8 Å². The first-order valence-electron chi connectivity index (χ1n) is 11.0. The highest BCUT2D eigenvalue weighted by atomic mass is 16.7. The Morgan fingerprint density at radius 1 is 1.09 bits per heavy atom. The zero-order valence-corrected chi connectivity index (χ0v) is 18.5. The molecule has 0 radical (unpaired) electrons. The van der Waals surface area contributed by atoms with Crippen molar-refractivity contribution in [3.8, 4) is 17.2 Å². The van der Waals surface area contributed by atoms with Gasteiger partial charge in [0.1, 0.15) is 11.5 Å². The molecule has 0 saturated carbocycles. The third-order valence-electron chi connectivity index (χ3n) is 6.35. The van der Waals surface area contributed by atoms with Gasteiger partial charge in [-0.1, -0.05) is 31.5 Å². The van der Waals surface area contributed by atoms with Crippen LogP contribution < -0.4 is 14.2 Å². The molecule has 7 nitrogen and oxygen atoms in total. The summed E-state index contributed by atoms with van der Waals surface area (Å²) in [6, 6.07) is 12.6. The predicted octanol–water partition coefficient (Wildman–Crippen LogP) is 4.02. The Bertz CT molecular complexity index is 973. The summed E-state index contributed by atoms with van der Waals surface area (Å²) in [5.41, 5.74) is 1.74. The maximum Gasteiger partial charge on any atom is 0.309 e. The second-order valence-electron chi connectivity index (χ2n) is 8.37. The Labute approximate surface area is 187 Å². The van der Waals surface area contributed by atoms with Gasteiger partial charge in [-0.2, -0.15) is 0 Å². The highest BCUT2D eigenvalue weighted by Crippen LogP contribution is 2.47. The van der Waals surface area contributed by atoms with E-state index in [0.717, 1.165) is 24.0 Å². The molecule has 0 spiro atoms. The summed E-state index contributed by atoms with van der Waals surface area (Å²) >= 11 is 0. The first-order valence-corrected chi connectivity index (χ1v) is 11.0. The van der Waals surface area contributed by atoms with Crippen LogP contribution in [0.1, 0.15) is 49.3 Å². The first-order chi connectivity index (χ1) is 15.5. The number of nitrogens with zero attached hydrogens (tertiary/aromatic N) is 1. The Kier molecular flexibility index (Phi) is 6.65. The van der Waals surface area contributed by atoms with Gasteiger partial charge in [0.2, 0.25) is 6.79 Å². The van der Waals surface area contributed by atoms with E-state index in [9.17, 15) is 14.7 Å². The lowest BCUT2D eigenvalue weighted by molar-refractivity contribution is -0.143. The van der Waals surface area contributed by atoms with Crippen molar-refractivity contribution in [2.45, 2.75) is 38.1 Å². The number of ketones is 1. The second-order valence-corrected chi connectivity index (χ2v) is 8.37. The number of Topliss-reactive ketones (excluding diaryl/α,β-unsaturated/α-hetero) is 1. The van der Waals surface area contributed by atoms with Crippen molar-refractivity contribution < 1.29 is 28.9 Å². The normalized spacial score (nSPS) is 22.1. The summed E-state index contributed by atoms with van der Waals surface area (Å²) < 4.78 is 16.2. The molecule has 1 fully saturated rings. The molecule has 2 aliphatic rings. The van der Waals surface area contributed by atoms with Crippen molar-refractivity contribution in [3.63, 3.8) is 0 Å². The van der Waals surface area contributed by atoms with E-state index in [-0.39, 0.29) is 25.0 Å². The van der Waals surface area contributed by atoms with E-state index in [0.29, 0.717) is 30.2 Å². The zero-order chi connectivity index (χ0) is 22.7. The Morgan fingerprint density at radius 3 is 2.50 bits per heavy atom. The summed E-state index contributed by atoms with van der Waals surface area (Å²) in [5, 5.41) is 10.3. The largest absolute Gasteiger partial charge is 0.497 e. The SMILES string of the molecule is CCCCC(=O)CN1CC(c2ccc3c(c2)OCO3)[C@H](C(=O)O)[C@H]1c1ccc(OC)cc1. The molecule has 0 aliphatic carbocycles. The molecule has 170 valence electrons. The molecule has 3 atom stereocenters. The number of aliphatic carboxylic acids is 1. The third-order valence-corrected chi connectivity index (χ3v) is 6.35. The molecule has 0 aromatic heterocycles. The van der Waals surface area contributed by atoms with Crippen LogP contribution in [0.15, 0.2) is 42.5 Å². The number of hydrogen-bond acceptors (Lipinski definition) is 6. The van der Waals surface area contributed by atoms with E-state index in [4.69, 9.17) is 14.2 Å². The lowest BCUT2D eigenvalue weighted by atomic mass is 9.82. The first kappa shape index (κ1) is 22.1. The predicted molar refractivity (Wildman–Crippen MR) is 118 cm³/mol. The molecule has 0 bridgehead atoms. The van der Waals surface area contributed by atoms with Crippen LogP contribution in [0.2, 0.25) is 0 Å². The van der Waals surface area contributed by atoms with Gasteiger partial charge in [-0.05, 0) is 41.8 Å². The van der Waals surface area contributed by atoms with E-state index in [2.05, 4.69) is 6.92 Å². The molecule has 32 heavy (non-hydrogen) atoms. The molecule has 0 amide bonds. The third kappa shape index (κ3) is 4.43. The standard InChI is InChI=1S/C25H29NO6/c1-3-4-5-18(27)13-26-14-20(17-8-11-21-22(12-17)32-15-31-21)23(25(28)29)24(26)16-6-9-19(30-2)10-7-16/h6-12,20,23-24H,3-5,13-15H2,1-2H3,(H,28,29)/t20?,23-,24+/m0/s1. The number of ether oxygens (including phenoxy) is 3. The van der Waals surface area contributed by atoms with Crippen molar-refractivity contribution in [1.29, 1.82) is 0 Å². The molecule has 1 N–H and O–H groups in total. The van der Waals surface area contributed by atoms with Crippen LogP contribution in [0.5, 0.6) is 17.2 Å². The Balaban J connectivity index is 1.69. The second kappa shape index (κ2) is 9.61. The van der Waals surface area contributed by atoms with Crippen LogP contribution >= 0.6 is 0 Å². The van der Waals surface area contributed by atoms with Crippen LogP contribution in [0.3, 0.4) is 0 Å². The lowest BCUT2D eigenvalue weighted by Crippen LogP contribution is -2.32. The molecule has 1 unspecified atom stereocenters. The Morgan fingerprint density at radius 2 is 1.81 bits per heavy atom. The van der Waals surface area contributed by atoms with Gasteiger partial charge < -0.3 is 19.3 Å². The monoisotopic (exact) mass is 439 g/mol. The van der Waals surface area contributed by atoms with Gasteiger partial charge in [-0.25, -0.2) is 0 Å². The molecule has 4 rings (SSSR count). The minimum atomic E-state index is -0.878. The number of fused-ring (bicyclic) bond motifs is 1. The van der Waals surface area contributed by atoms with Crippen molar-refractivity contribution >= 4 is 11.8 Å². The minimum absolute atomic E-state index is 0.140. The quantitative estimate of drug-likeness (QED) is 0.631. The summed E-state index contributed by atoms with van der Waals surface area (Å²) in [6.07, 6.45) is 2.30. The van der Waals surface area contributed by atoms with Gasteiger partial charge in [0, 0.05) is 24.9 Å². The molecule has 7 heteroatoms. The number of hydrogen-bond donors (Lipinski definition) is 1. The number of likely N-dealkylation sites (tertiary alicyclic amines) is 1. The van der Waals surface area contributed by atoms with Gasteiger partial charge in [0.05, 0.1) is 19.6 Å². The fourth-order valence-corrected chi connectivity index (χ4v) is 4.75. The number of benzene rings is 2. The van der Waals surface area contributed by atoms with Crippen LogP contribution in [-0.2, 0) is 9.59 Å². The van der Waals surface area contributed by atoms with Crippen molar-refractivity contribution in [2.75, 3.05) is 27.0 Å². The number of carbonyl (C=O) groups excluding carboxylic acids is 1. The van der Waals surface area contributed by atoms with Gasteiger partial charge in [-0.15, -0.1) is 0 Å². The Hall–Kier alpha value is -3.06. The number of unbranched alkanes of at least 4 members (excludes halogenated alkanes) is 1. The zero-order valence-electron chi connectivity index (χ0n) is 18.5. The topological polar surface area (TPSA) is 85.3 Å². The minimum Gasteiger partial charge on any atom is -0.497 e. The maximum absolute atomic E-state index is 12.7. The fraction of sp³-hybridized carbons (Fsp3) is 0.440. The van der Waals surface area contributed by atoms with E-state index >= 15 is 0 Å². The average molecular weight is 440 g/mol. The number of rotatable bonds is 9. The molecule has 2 aliphatic heterocycles. The summed E-state index contributed by atoms with van der Waals surface area (Å²) in [4.78, 5) is 27.2. The molecule has 1 saturated heterocycles. The fourth-order valence-electron chi connectivity index (χ4n) is 4.75. The van der Waals surface area contributed by atoms with Gasteiger partial charge in [0.15, 0.2) is 11.5 Å². The molecule has 2 aromatic carbocycles. The molecular formula is C25H29NO6. The maximum atomic E-state index is 12.7. The van der Waals surface area contributed by atoms with Gasteiger partial charge in [-0.3, -0.25) is 14.5 Å². The number of carbonyl (C=O) groups is 2. The molecule has 2 heterocycles. The summed E-state index contributed by atoms with van der Waals surface area (Å²) in [5.74, 6) is 0.271. The molecule has 2 aromatic rings. The van der Waals surface area contributed by atoms with E-state index < -0.39 is 17.9 Å². The number of carboxylic acids is 1. The molecular weight excluding hydrogens is 410 g/mol. The van der Waals surface area contributed by atoms with Crippen molar-refractivity contribution in [3.05, 3.63) is 53.6 Å². The van der Waals surface area contributed by atoms with Gasteiger partial charge >= 0.3 is 5.97 Å². The van der Waals surface area contributed by atoms with Gasteiger partial charge in [0.25, 0.3) is 0 Å². The lowest BCUT2D eigenvalue weighted by Gasteiger charge is -2.27. The summed E-state index contributed by atoms with van der Waals surface area (Å²) in [6.45, 7) is 2.93. The smallest absolute Gasteiger partial charge is 0.309 e. The van der Waals surface area contributed by atoms with E-state index in [1.165, 1.54) is 0 Å². The highest BCUT2D eigenvalue weighted by Gasteiger charge is 2.47. The van der Waals surface area contributed by atoms with Crippen molar-refractivity contribution in [2.24, 2.45) is 5.92 Å². The number of carboxylic acid groups (broad SMARTS) is 1. The van der Waals surface area contributed by atoms with Crippen molar-refractivity contribution in [1.82, 2.24) is 4.90 Å². The van der Waals surface area contributed by atoms with E-state index in [1.807, 2.05) is 47.4 Å². The van der Waals surface area contributed by atoms with E-state index in [1.54, 1.807) is 7.11 Å². The summed E-state index contributed by atoms with van der Waals surface area (Å²) in [7, 11) is 1.60.